The molecule has 1 atom stereocenters. The molecular formula is C16H17NO3. The van der Waals surface area contributed by atoms with Crippen molar-refractivity contribution in [3.05, 3.63) is 65.7 Å². The molecule has 2 aromatic rings. The minimum absolute atomic E-state index is 0.124. The summed E-state index contributed by atoms with van der Waals surface area (Å²) in [5.74, 6) is -0.915. The first-order valence-electron chi connectivity index (χ1n) is 6.42. The van der Waals surface area contributed by atoms with Gasteiger partial charge in [0.05, 0.1) is 6.61 Å². The number of nitrogens with one attached hydrogen (secondary N) is 1. The Balaban J connectivity index is 2.16. The van der Waals surface area contributed by atoms with Crippen LogP contribution in [-0.4, -0.2) is 22.2 Å². The summed E-state index contributed by atoms with van der Waals surface area (Å²) in [5.41, 5.74) is 2.29. The Morgan fingerprint density at radius 1 is 1.05 bits per heavy atom. The van der Waals surface area contributed by atoms with Crippen LogP contribution in [0.15, 0.2) is 54.6 Å². The number of hydrogen-bond donors (Lipinski definition) is 3. The van der Waals surface area contributed by atoms with Crippen LogP contribution in [0.25, 0.3) is 0 Å². The Morgan fingerprint density at radius 2 is 1.70 bits per heavy atom. The van der Waals surface area contributed by atoms with Crippen molar-refractivity contribution < 1.29 is 15.0 Å². The van der Waals surface area contributed by atoms with Crippen LogP contribution in [0.4, 0.5) is 5.69 Å². The highest BCUT2D eigenvalue weighted by Gasteiger charge is 2.18. The number of aliphatic hydroxyl groups excluding tert-OH is 1. The number of carboxylic acid groups (broad SMARTS) is 1. The van der Waals surface area contributed by atoms with E-state index in [0.29, 0.717) is 17.7 Å². The van der Waals surface area contributed by atoms with Crippen LogP contribution < -0.4 is 5.32 Å². The molecule has 0 saturated carbocycles. The van der Waals surface area contributed by atoms with Gasteiger partial charge in [0.2, 0.25) is 0 Å². The summed E-state index contributed by atoms with van der Waals surface area (Å²) in [5, 5.41) is 21.6. The number of carbonyl (C=O) groups is 1. The van der Waals surface area contributed by atoms with Gasteiger partial charge in [0.1, 0.15) is 6.04 Å². The quantitative estimate of drug-likeness (QED) is 0.754. The third kappa shape index (κ3) is 3.59. The maximum Gasteiger partial charge on any atom is 0.326 e. The minimum Gasteiger partial charge on any atom is -0.480 e. The molecule has 0 bridgehead atoms. The lowest BCUT2D eigenvalue weighted by Crippen LogP contribution is -2.31. The summed E-state index contributed by atoms with van der Waals surface area (Å²) >= 11 is 0. The topological polar surface area (TPSA) is 69.6 Å². The van der Waals surface area contributed by atoms with Crippen LogP contribution in [0.1, 0.15) is 11.1 Å². The van der Waals surface area contributed by atoms with Crippen molar-refractivity contribution in [1.82, 2.24) is 0 Å². The molecule has 0 saturated heterocycles. The molecule has 0 fully saturated rings. The zero-order valence-corrected chi connectivity index (χ0v) is 11.0. The SMILES string of the molecule is O=C(O)[C@H](Cc1ccccc1)Nc1ccccc1CO. The lowest BCUT2D eigenvalue weighted by atomic mass is 10.0. The third-order valence-electron chi connectivity index (χ3n) is 3.10. The van der Waals surface area contributed by atoms with Crippen molar-refractivity contribution in [3.63, 3.8) is 0 Å². The van der Waals surface area contributed by atoms with Gasteiger partial charge in [-0.1, -0.05) is 48.5 Å². The maximum atomic E-state index is 11.4. The fourth-order valence-corrected chi connectivity index (χ4v) is 2.04. The molecule has 4 heteroatoms. The molecule has 0 spiro atoms. The molecule has 2 rings (SSSR count). The third-order valence-corrected chi connectivity index (χ3v) is 3.10. The lowest BCUT2D eigenvalue weighted by Gasteiger charge is -2.18. The van der Waals surface area contributed by atoms with E-state index in [2.05, 4.69) is 5.32 Å². The molecule has 0 aliphatic carbocycles. The highest BCUT2D eigenvalue weighted by atomic mass is 16.4. The molecule has 0 amide bonds. The maximum absolute atomic E-state index is 11.4. The average Bonchev–Trinajstić information content (AvgIpc) is 2.48. The molecular weight excluding hydrogens is 254 g/mol. The first-order valence-corrected chi connectivity index (χ1v) is 6.42. The molecule has 20 heavy (non-hydrogen) atoms. The van der Waals surface area contributed by atoms with E-state index < -0.39 is 12.0 Å². The van der Waals surface area contributed by atoms with Gasteiger partial charge in [-0.05, 0) is 11.6 Å². The molecule has 0 heterocycles. The second-order valence-electron chi connectivity index (χ2n) is 4.54. The normalized spacial score (nSPS) is 11.8. The first-order chi connectivity index (χ1) is 9.70. The van der Waals surface area contributed by atoms with Crippen molar-refractivity contribution in [1.29, 1.82) is 0 Å². The van der Waals surface area contributed by atoms with Crippen LogP contribution in [-0.2, 0) is 17.8 Å². The highest BCUT2D eigenvalue weighted by molar-refractivity contribution is 5.78. The minimum atomic E-state index is -0.915. The van der Waals surface area contributed by atoms with Crippen LogP contribution >= 0.6 is 0 Å². The van der Waals surface area contributed by atoms with Crippen molar-refractivity contribution >= 4 is 11.7 Å². The fourth-order valence-electron chi connectivity index (χ4n) is 2.04. The highest BCUT2D eigenvalue weighted by Crippen LogP contribution is 2.17. The van der Waals surface area contributed by atoms with E-state index in [1.165, 1.54) is 0 Å². The lowest BCUT2D eigenvalue weighted by molar-refractivity contribution is -0.137. The molecule has 0 unspecified atom stereocenters. The average molecular weight is 271 g/mol. The monoisotopic (exact) mass is 271 g/mol. The van der Waals surface area contributed by atoms with Crippen molar-refractivity contribution in [3.8, 4) is 0 Å². The molecule has 0 aromatic heterocycles. The van der Waals surface area contributed by atoms with Gasteiger partial charge in [-0.3, -0.25) is 0 Å². The molecule has 2 aromatic carbocycles. The van der Waals surface area contributed by atoms with E-state index in [0.717, 1.165) is 5.56 Å². The number of aliphatic hydroxyl groups is 1. The van der Waals surface area contributed by atoms with E-state index in [1.54, 1.807) is 12.1 Å². The van der Waals surface area contributed by atoms with Crippen LogP contribution in [0, 0.1) is 0 Å². The number of carboxylic acids is 1. The van der Waals surface area contributed by atoms with Crippen LogP contribution in [0.2, 0.25) is 0 Å². The molecule has 3 N–H and O–H groups in total. The Hall–Kier alpha value is -2.33. The number of anilines is 1. The molecule has 0 aliphatic rings. The fraction of sp³-hybridized carbons (Fsp3) is 0.188. The van der Waals surface area contributed by atoms with Crippen molar-refractivity contribution in [2.45, 2.75) is 19.1 Å². The van der Waals surface area contributed by atoms with Gasteiger partial charge in [-0.2, -0.15) is 0 Å². The van der Waals surface area contributed by atoms with E-state index in [4.69, 9.17) is 0 Å². The Kier molecular flexibility index (Phi) is 4.74. The van der Waals surface area contributed by atoms with Gasteiger partial charge < -0.3 is 15.5 Å². The molecule has 104 valence electrons. The molecule has 0 radical (unpaired) electrons. The Bertz CT molecular complexity index is 569. The zero-order valence-electron chi connectivity index (χ0n) is 11.0. The van der Waals surface area contributed by atoms with Gasteiger partial charge in [0.25, 0.3) is 0 Å². The van der Waals surface area contributed by atoms with Crippen LogP contribution in [0.3, 0.4) is 0 Å². The standard InChI is InChI=1S/C16H17NO3/c18-11-13-8-4-5-9-14(13)17-15(16(19)20)10-12-6-2-1-3-7-12/h1-9,15,17-18H,10-11H2,(H,19,20)/t15-/m0/s1. The van der Waals surface area contributed by atoms with Gasteiger partial charge in [0.15, 0.2) is 0 Å². The van der Waals surface area contributed by atoms with E-state index in [1.807, 2.05) is 42.5 Å². The second kappa shape index (κ2) is 6.73. The van der Waals surface area contributed by atoms with E-state index >= 15 is 0 Å². The summed E-state index contributed by atoms with van der Waals surface area (Å²) in [7, 11) is 0. The van der Waals surface area contributed by atoms with E-state index in [-0.39, 0.29) is 6.61 Å². The number of hydrogen-bond acceptors (Lipinski definition) is 3. The van der Waals surface area contributed by atoms with Gasteiger partial charge >= 0.3 is 5.97 Å². The number of aliphatic carboxylic acids is 1. The number of para-hydroxylation sites is 1. The van der Waals surface area contributed by atoms with Crippen molar-refractivity contribution in [2.75, 3.05) is 5.32 Å². The Morgan fingerprint density at radius 3 is 2.35 bits per heavy atom. The molecule has 4 nitrogen and oxygen atoms in total. The number of benzene rings is 2. The van der Waals surface area contributed by atoms with Crippen LogP contribution in [0.5, 0.6) is 0 Å². The van der Waals surface area contributed by atoms with Gasteiger partial charge in [-0.15, -0.1) is 0 Å². The van der Waals surface area contributed by atoms with Crippen molar-refractivity contribution in [2.24, 2.45) is 0 Å². The zero-order chi connectivity index (χ0) is 14.4. The second-order valence-corrected chi connectivity index (χ2v) is 4.54. The predicted octanol–water partition coefficient (Wildman–Crippen LogP) is 2.29. The smallest absolute Gasteiger partial charge is 0.326 e. The number of rotatable bonds is 6. The Labute approximate surface area is 117 Å². The largest absolute Gasteiger partial charge is 0.480 e. The summed E-state index contributed by atoms with van der Waals surface area (Å²) in [6, 6.07) is 15.9. The summed E-state index contributed by atoms with van der Waals surface area (Å²) in [4.78, 5) is 11.4. The summed E-state index contributed by atoms with van der Waals surface area (Å²) in [6.45, 7) is -0.124. The first kappa shape index (κ1) is 14.1. The summed E-state index contributed by atoms with van der Waals surface area (Å²) < 4.78 is 0. The molecule has 0 aliphatic heterocycles. The van der Waals surface area contributed by atoms with Gasteiger partial charge in [0, 0.05) is 17.7 Å². The van der Waals surface area contributed by atoms with Gasteiger partial charge in [-0.25, -0.2) is 4.79 Å². The summed E-state index contributed by atoms with van der Waals surface area (Å²) in [6.07, 6.45) is 0.385. The van der Waals surface area contributed by atoms with E-state index in [9.17, 15) is 15.0 Å². The predicted molar refractivity (Wildman–Crippen MR) is 77.6 cm³/mol.